The fraction of sp³-hybridized carbons (Fsp3) is 0.174. The molecule has 8 heteroatoms. The molecule has 0 bridgehead atoms. The lowest BCUT2D eigenvalue weighted by molar-refractivity contribution is -0.118. The SMILES string of the molecule is COc1cccc(NS(=O)(=O)c2ccc(NC(=O)COc3cccc(C)c3C)cc2)c1. The van der Waals surface area contributed by atoms with Gasteiger partial charge in [-0.15, -0.1) is 0 Å². The molecule has 162 valence electrons. The van der Waals surface area contributed by atoms with Gasteiger partial charge in [-0.25, -0.2) is 8.42 Å². The summed E-state index contributed by atoms with van der Waals surface area (Å²) in [6.45, 7) is 3.75. The van der Waals surface area contributed by atoms with Crippen LogP contribution in [0.3, 0.4) is 0 Å². The molecular weight excluding hydrogens is 416 g/mol. The molecule has 0 saturated carbocycles. The summed E-state index contributed by atoms with van der Waals surface area (Å²) in [5.41, 5.74) is 2.92. The van der Waals surface area contributed by atoms with Crippen molar-refractivity contribution in [3.63, 3.8) is 0 Å². The van der Waals surface area contributed by atoms with Crippen molar-refractivity contribution >= 4 is 27.3 Å². The molecule has 7 nitrogen and oxygen atoms in total. The van der Waals surface area contributed by atoms with Crippen LogP contribution in [0.4, 0.5) is 11.4 Å². The molecule has 3 aromatic rings. The Kier molecular flexibility index (Phi) is 6.81. The lowest BCUT2D eigenvalue weighted by Crippen LogP contribution is -2.20. The Morgan fingerprint density at radius 2 is 1.65 bits per heavy atom. The van der Waals surface area contributed by atoms with Gasteiger partial charge in [-0.3, -0.25) is 9.52 Å². The number of methoxy groups -OCH3 is 1. The van der Waals surface area contributed by atoms with E-state index >= 15 is 0 Å². The molecule has 31 heavy (non-hydrogen) atoms. The third kappa shape index (κ3) is 5.76. The number of amides is 1. The van der Waals surface area contributed by atoms with E-state index in [1.807, 2.05) is 32.0 Å². The molecule has 0 aromatic heterocycles. The highest BCUT2D eigenvalue weighted by Gasteiger charge is 2.15. The van der Waals surface area contributed by atoms with E-state index in [1.54, 1.807) is 24.3 Å². The lowest BCUT2D eigenvalue weighted by atomic mass is 10.1. The van der Waals surface area contributed by atoms with Gasteiger partial charge in [-0.2, -0.15) is 0 Å². The molecule has 0 aliphatic carbocycles. The topological polar surface area (TPSA) is 93.7 Å². The predicted octanol–water partition coefficient (Wildman–Crippen LogP) is 4.13. The number of ether oxygens (including phenoxy) is 2. The monoisotopic (exact) mass is 440 g/mol. The minimum absolute atomic E-state index is 0.0694. The maximum Gasteiger partial charge on any atom is 0.262 e. The first-order valence-corrected chi connectivity index (χ1v) is 11.0. The van der Waals surface area contributed by atoms with Crippen molar-refractivity contribution < 1.29 is 22.7 Å². The first kappa shape index (κ1) is 22.2. The molecule has 0 heterocycles. The molecule has 0 fully saturated rings. The largest absolute Gasteiger partial charge is 0.497 e. The molecule has 0 saturated heterocycles. The highest BCUT2D eigenvalue weighted by atomic mass is 32.2. The summed E-state index contributed by atoms with van der Waals surface area (Å²) < 4.78 is 38.4. The molecule has 0 unspecified atom stereocenters. The summed E-state index contributed by atoms with van der Waals surface area (Å²) in [5, 5.41) is 2.69. The van der Waals surface area contributed by atoms with Crippen LogP contribution >= 0.6 is 0 Å². The predicted molar refractivity (Wildman–Crippen MR) is 120 cm³/mol. The van der Waals surface area contributed by atoms with Crippen molar-refractivity contribution in [3.8, 4) is 11.5 Å². The number of benzene rings is 3. The Balaban J connectivity index is 1.61. The summed E-state index contributed by atoms with van der Waals surface area (Å²) in [6, 6.07) is 18.2. The van der Waals surface area contributed by atoms with E-state index in [1.165, 1.54) is 31.4 Å². The molecular formula is C23H24N2O5S. The van der Waals surface area contributed by atoms with Crippen LogP contribution in [0.5, 0.6) is 11.5 Å². The molecule has 3 aromatic carbocycles. The quantitative estimate of drug-likeness (QED) is 0.549. The first-order valence-electron chi connectivity index (χ1n) is 9.54. The number of hydrogen-bond acceptors (Lipinski definition) is 5. The molecule has 0 aliphatic rings. The maximum absolute atomic E-state index is 12.6. The van der Waals surface area contributed by atoms with Crippen LogP contribution < -0.4 is 19.5 Å². The standard InChI is InChI=1S/C23H24N2O5S/c1-16-6-4-9-22(17(16)2)30-15-23(26)24-18-10-12-21(13-11-18)31(27,28)25-19-7-5-8-20(14-19)29-3/h4-14,25H,15H2,1-3H3,(H,24,26). The number of hydrogen-bond donors (Lipinski definition) is 2. The summed E-state index contributed by atoms with van der Waals surface area (Å²) in [4.78, 5) is 12.3. The van der Waals surface area contributed by atoms with Crippen LogP contribution in [0.25, 0.3) is 0 Å². The minimum Gasteiger partial charge on any atom is -0.497 e. The van der Waals surface area contributed by atoms with Gasteiger partial charge in [-0.05, 0) is 67.4 Å². The highest BCUT2D eigenvalue weighted by Crippen LogP contribution is 2.22. The second-order valence-electron chi connectivity index (χ2n) is 6.90. The number of carbonyl (C=O) groups is 1. The van der Waals surface area contributed by atoms with Gasteiger partial charge in [0.05, 0.1) is 17.7 Å². The maximum atomic E-state index is 12.6. The summed E-state index contributed by atoms with van der Waals surface area (Å²) in [6.07, 6.45) is 0. The van der Waals surface area contributed by atoms with Crippen molar-refractivity contribution in [3.05, 3.63) is 77.9 Å². The zero-order valence-electron chi connectivity index (χ0n) is 17.5. The number of nitrogens with one attached hydrogen (secondary N) is 2. The van der Waals surface area contributed by atoms with Crippen molar-refractivity contribution in [2.45, 2.75) is 18.7 Å². The molecule has 0 radical (unpaired) electrons. The Bertz CT molecular complexity index is 1170. The fourth-order valence-corrected chi connectivity index (χ4v) is 3.89. The van der Waals surface area contributed by atoms with Gasteiger partial charge in [0.15, 0.2) is 6.61 Å². The molecule has 2 N–H and O–H groups in total. The van der Waals surface area contributed by atoms with Crippen LogP contribution in [0, 0.1) is 13.8 Å². The summed E-state index contributed by atoms with van der Waals surface area (Å²) in [7, 11) is -2.27. The molecule has 0 spiro atoms. The average Bonchev–Trinajstić information content (AvgIpc) is 2.75. The van der Waals surface area contributed by atoms with Crippen molar-refractivity contribution in [1.82, 2.24) is 0 Å². The van der Waals surface area contributed by atoms with Gasteiger partial charge < -0.3 is 14.8 Å². The number of sulfonamides is 1. The van der Waals surface area contributed by atoms with Crippen molar-refractivity contribution in [2.75, 3.05) is 23.8 Å². The van der Waals surface area contributed by atoms with Crippen molar-refractivity contribution in [2.24, 2.45) is 0 Å². The second kappa shape index (κ2) is 9.53. The second-order valence-corrected chi connectivity index (χ2v) is 8.58. The number of rotatable bonds is 8. The fourth-order valence-electron chi connectivity index (χ4n) is 2.84. The minimum atomic E-state index is -3.78. The highest BCUT2D eigenvalue weighted by molar-refractivity contribution is 7.92. The number of carbonyl (C=O) groups excluding carboxylic acids is 1. The Morgan fingerprint density at radius 1 is 0.935 bits per heavy atom. The Morgan fingerprint density at radius 3 is 2.35 bits per heavy atom. The van der Waals surface area contributed by atoms with Crippen LogP contribution in [0.15, 0.2) is 71.6 Å². The number of aryl methyl sites for hydroxylation is 1. The van der Waals surface area contributed by atoms with Crippen LogP contribution in [-0.4, -0.2) is 28.0 Å². The first-order chi connectivity index (χ1) is 14.8. The van der Waals surface area contributed by atoms with Gasteiger partial charge in [0.2, 0.25) is 0 Å². The third-order valence-corrected chi connectivity index (χ3v) is 6.08. The summed E-state index contributed by atoms with van der Waals surface area (Å²) in [5.74, 6) is 0.854. The van der Waals surface area contributed by atoms with Crippen LogP contribution in [0.2, 0.25) is 0 Å². The zero-order valence-corrected chi connectivity index (χ0v) is 18.3. The van der Waals surface area contributed by atoms with E-state index in [-0.39, 0.29) is 17.4 Å². The Hall–Kier alpha value is -3.52. The molecule has 3 rings (SSSR count). The smallest absolute Gasteiger partial charge is 0.262 e. The van der Waals surface area contributed by atoms with E-state index < -0.39 is 10.0 Å². The normalized spacial score (nSPS) is 10.9. The lowest BCUT2D eigenvalue weighted by Gasteiger charge is -2.12. The van der Waals surface area contributed by atoms with Gasteiger partial charge >= 0.3 is 0 Å². The van der Waals surface area contributed by atoms with E-state index in [4.69, 9.17) is 9.47 Å². The van der Waals surface area contributed by atoms with Gasteiger partial charge in [-0.1, -0.05) is 18.2 Å². The van der Waals surface area contributed by atoms with Crippen LogP contribution in [0.1, 0.15) is 11.1 Å². The van der Waals surface area contributed by atoms with E-state index in [0.29, 0.717) is 22.9 Å². The van der Waals surface area contributed by atoms with Gasteiger partial charge in [0.1, 0.15) is 11.5 Å². The average molecular weight is 441 g/mol. The van der Waals surface area contributed by atoms with E-state index in [2.05, 4.69) is 10.0 Å². The summed E-state index contributed by atoms with van der Waals surface area (Å²) >= 11 is 0. The van der Waals surface area contributed by atoms with Gasteiger partial charge in [0, 0.05) is 11.8 Å². The Labute approximate surface area is 182 Å². The zero-order chi connectivity index (χ0) is 22.4. The van der Waals surface area contributed by atoms with Gasteiger partial charge in [0.25, 0.3) is 15.9 Å². The van der Waals surface area contributed by atoms with Crippen LogP contribution in [-0.2, 0) is 14.8 Å². The van der Waals surface area contributed by atoms with E-state index in [9.17, 15) is 13.2 Å². The number of anilines is 2. The van der Waals surface area contributed by atoms with Crippen molar-refractivity contribution in [1.29, 1.82) is 0 Å². The molecule has 0 aliphatic heterocycles. The molecule has 1 amide bonds. The third-order valence-electron chi connectivity index (χ3n) is 4.68. The van der Waals surface area contributed by atoms with E-state index in [0.717, 1.165) is 11.1 Å². The molecule has 0 atom stereocenters.